The highest BCUT2D eigenvalue weighted by atomic mass is 19.3. The molecule has 1 amide bonds. The van der Waals surface area contributed by atoms with Gasteiger partial charge in [-0.15, -0.1) is 11.8 Å². The van der Waals surface area contributed by atoms with Crippen molar-refractivity contribution in [2.24, 2.45) is 5.92 Å². The van der Waals surface area contributed by atoms with Crippen molar-refractivity contribution in [3.8, 4) is 11.8 Å². The van der Waals surface area contributed by atoms with Gasteiger partial charge in [0.15, 0.2) is 0 Å². The van der Waals surface area contributed by atoms with E-state index in [0.717, 1.165) is 11.3 Å². The van der Waals surface area contributed by atoms with Gasteiger partial charge < -0.3 is 19.9 Å². The molecular formula is C23H26F2NO4-. The summed E-state index contributed by atoms with van der Waals surface area (Å²) in [6.07, 6.45) is 2.95. The van der Waals surface area contributed by atoms with Crippen molar-refractivity contribution in [2.45, 2.75) is 57.6 Å². The fourth-order valence-corrected chi connectivity index (χ4v) is 3.23. The van der Waals surface area contributed by atoms with Crippen LogP contribution in [0.25, 0.3) is 0 Å². The Morgan fingerprint density at radius 2 is 2.03 bits per heavy atom. The number of carbonyl (C=O) groups is 2. The van der Waals surface area contributed by atoms with Crippen molar-refractivity contribution in [3.05, 3.63) is 47.5 Å². The molecule has 5 nitrogen and oxygen atoms in total. The first-order valence-electron chi connectivity index (χ1n) is 9.97. The number of benzene rings is 1. The number of rotatable bonds is 8. The molecule has 1 aliphatic rings. The molecule has 0 spiro atoms. The van der Waals surface area contributed by atoms with E-state index in [9.17, 15) is 28.6 Å². The first-order valence-corrected chi connectivity index (χ1v) is 9.97. The Morgan fingerprint density at radius 1 is 1.37 bits per heavy atom. The Kier molecular flexibility index (Phi) is 8.13. The van der Waals surface area contributed by atoms with Gasteiger partial charge in [-0.05, 0) is 23.5 Å². The molecule has 162 valence electrons. The number of amides is 1. The van der Waals surface area contributed by atoms with Gasteiger partial charge in [0.05, 0.1) is 18.1 Å². The van der Waals surface area contributed by atoms with E-state index < -0.39 is 36.4 Å². The molecule has 0 saturated carbocycles. The van der Waals surface area contributed by atoms with Gasteiger partial charge in [-0.3, -0.25) is 4.79 Å². The molecule has 0 bridgehead atoms. The normalized spacial score (nSPS) is 20.1. The number of hydrogen-bond acceptors (Lipinski definition) is 4. The van der Waals surface area contributed by atoms with Crippen molar-refractivity contribution in [1.82, 2.24) is 4.90 Å². The van der Waals surface area contributed by atoms with Crippen LogP contribution in [0.2, 0.25) is 0 Å². The van der Waals surface area contributed by atoms with Gasteiger partial charge in [-0.1, -0.05) is 50.3 Å². The number of carboxylic acid groups (broad SMARTS) is 1. The Bertz CT molecular complexity index is 839. The van der Waals surface area contributed by atoms with Crippen LogP contribution in [0.4, 0.5) is 8.78 Å². The highest BCUT2D eigenvalue weighted by Crippen LogP contribution is 2.34. The summed E-state index contributed by atoms with van der Waals surface area (Å²) in [5.41, 5.74) is 0.740. The lowest BCUT2D eigenvalue weighted by molar-refractivity contribution is -0.255. The Morgan fingerprint density at radius 3 is 2.63 bits per heavy atom. The van der Waals surface area contributed by atoms with Crippen molar-refractivity contribution < 1.29 is 28.6 Å². The van der Waals surface area contributed by atoms with Gasteiger partial charge in [-0.25, -0.2) is 0 Å². The quantitative estimate of drug-likeness (QED) is 0.518. The van der Waals surface area contributed by atoms with E-state index in [1.54, 1.807) is 12.1 Å². The molecule has 0 aliphatic carbocycles. The molecule has 30 heavy (non-hydrogen) atoms. The smallest absolute Gasteiger partial charge is 0.327 e. The number of carbonyl (C=O) groups excluding carboxylic acids is 2. The van der Waals surface area contributed by atoms with Crippen LogP contribution in [0, 0.1) is 17.8 Å². The lowest BCUT2D eigenvalue weighted by Gasteiger charge is -2.22. The fourth-order valence-electron chi connectivity index (χ4n) is 3.23. The minimum Gasteiger partial charge on any atom is -0.545 e. The molecule has 1 aromatic carbocycles. The highest BCUT2D eigenvalue weighted by Gasteiger charge is 2.52. The maximum absolute atomic E-state index is 14.0. The molecule has 1 fully saturated rings. The predicted octanol–water partition coefficient (Wildman–Crippen LogP) is 2.19. The predicted molar refractivity (Wildman–Crippen MR) is 107 cm³/mol. The molecule has 2 rings (SSSR count). The summed E-state index contributed by atoms with van der Waals surface area (Å²) in [5.74, 6) is -0.263. The molecule has 0 aromatic heterocycles. The van der Waals surface area contributed by atoms with Crippen LogP contribution in [0.3, 0.4) is 0 Å². The number of aliphatic hydroxyl groups excluding tert-OH is 1. The van der Waals surface area contributed by atoms with Crippen molar-refractivity contribution in [1.29, 1.82) is 0 Å². The largest absolute Gasteiger partial charge is 0.545 e. The Balaban J connectivity index is 2.04. The van der Waals surface area contributed by atoms with Gasteiger partial charge in [-0.2, -0.15) is 8.78 Å². The summed E-state index contributed by atoms with van der Waals surface area (Å²) in [4.78, 5) is 24.0. The third-order valence-electron chi connectivity index (χ3n) is 5.11. The van der Waals surface area contributed by atoms with Gasteiger partial charge in [0.2, 0.25) is 0 Å². The second-order valence-corrected chi connectivity index (χ2v) is 7.47. The molecule has 0 radical (unpaired) electrons. The van der Waals surface area contributed by atoms with Crippen LogP contribution in [-0.4, -0.2) is 46.5 Å². The van der Waals surface area contributed by atoms with Gasteiger partial charge >= 0.3 is 5.92 Å². The molecule has 7 heteroatoms. The van der Waals surface area contributed by atoms with Crippen LogP contribution in [0.1, 0.15) is 49.0 Å². The van der Waals surface area contributed by atoms with E-state index >= 15 is 0 Å². The lowest BCUT2D eigenvalue weighted by atomic mass is 9.99. The van der Waals surface area contributed by atoms with Crippen molar-refractivity contribution >= 4 is 11.9 Å². The Labute approximate surface area is 175 Å². The molecule has 2 unspecified atom stereocenters. The number of aliphatic hydroxyl groups is 1. The summed E-state index contributed by atoms with van der Waals surface area (Å²) in [6.45, 7) is 3.81. The van der Waals surface area contributed by atoms with E-state index in [1.807, 2.05) is 13.8 Å². The number of alkyl halides is 2. The second kappa shape index (κ2) is 10.4. The summed E-state index contributed by atoms with van der Waals surface area (Å²) in [5, 5.41) is 21.0. The molecule has 1 aromatic rings. The first kappa shape index (κ1) is 23.6. The second-order valence-electron chi connectivity index (χ2n) is 7.47. The van der Waals surface area contributed by atoms with Crippen LogP contribution in [-0.2, 0) is 11.2 Å². The summed E-state index contributed by atoms with van der Waals surface area (Å²) in [6, 6.07) is 5.07. The third-order valence-corrected chi connectivity index (χ3v) is 5.11. The van der Waals surface area contributed by atoms with Crippen LogP contribution < -0.4 is 5.11 Å². The average molecular weight is 418 g/mol. The summed E-state index contributed by atoms with van der Waals surface area (Å²) in [7, 11) is 0. The zero-order valence-electron chi connectivity index (χ0n) is 17.1. The standard InChI is InChI=1S/C23H27F2NO4/c1-3-4-5-6-16(2)20(27)12-11-19-15-23(24,25)22(30)26(19)14-13-17-7-9-18(10-8-17)21(28)29/h7-12,16,19-20,27H,3,6,13-15H2,1-2H3,(H,28,29)/p-1/b12-11+/t16?,19-,20?/m0/s1. The number of likely N-dealkylation sites (tertiary alicyclic amines) is 1. The Hall–Kier alpha value is -2.72. The number of carboxylic acids is 1. The first-order chi connectivity index (χ1) is 14.2. The maximum atomic E-state index is 14.0. The van der Waals surface area contributed by atoms with E-state index in [2.05, 4.69) is 11.8 Å². The van der Waals surface area contributed by atoms with Gasteiger partial charge in [0.25, 0.3) is 5.91 Å². The van der Waals surface area contributed by atoms with Crippen LogP contribution in [0.15, 0.2) is 36.4 Å². The molecule has 3 atom stereocenters. The maximum Gasteiger partial charge on any atom is 0.327 e. The monoisotopic (exact) mass is 418 g/mol. The number of aromatic carboxylic acids is 1. The molecule has 1 saturated heterocycles. The fraction of sp³-hybridized carbons (Fsp3) is 0.478. The van der Waals surface area contributed by atoms with E-state index in [0.29, 0.717) is 18.4 Å². The van der Waals surface area contributed by atoms with Crippen LogP contribution in [0.5, 0.6) is 0 Å². The SMILES string of the molecule is CCC#CCC(C)C(O)/C=C/[C@H]1CC(F)(F)C(=O)N1CCc1ccc(C(=O)[O-])cc1. The molecule has 1 heterocycles. The van der Waals surface area contributed by atoms with Crippen molar-refractivity contribution in [3.63, 3.8) is 0 Å². The van der Waals surface area contributed by atoms with E-state index in [-0.39, 0.29) is 18.0 Å². The topological polar surface area (TPSA) is 80.7 Å². The minimum atomic E-state index is -3.45. The van der Waals surface area contributed by atoms with Gasteiger partial charge in [0, 0.05) is 25.8 Å². The van der Waals surface area contributed by atoms with E-state index in [4.69, 9.17) is 0 Å². The third kappa shape index (κ3) is 6.14. The van der Waals surface area contributed by atoms with E-state index in [1.165, 1.54) is 24.3 Å². The zero-order chi connectivity index (χ0) is 22.3. The lowest BCUT2D eigenvalue weighted by Crippen LogP contribution is -2.37. The van der Waals surface area contributed by atoms with Crippen molar-refractivity contribution in [2.75, 3.05) is 6.54 Å². The molecule has 1 aliphatic heterocycles. The highest BCUT2D eigenvalue weighted by molar-refractivity contribution is 5.86. The molecule has 1 N–H and O–H groups in total. The van der Waals surface area contributed by atoms with Crippen LogP contribution >= 0.6 is 0 Å². The minimum absolute atomic E-state index is 0.0232. The average Bonchev–Trinajstić information content (AvgIpc) is 2.93. The number of hydrogen-bond donors (Lipinski definition) is 1. The summed E-state index contributed by atoms with van der Waals surface area (Å²) < 4.78 is 28.0. The zero-order valence-corrected chi connectivity index (χ0v) is 17.1. The molecular weight excluding hydrogens is 392 g/mol. The van der Waals surface area contributed by atoms with Gasteiger partial charge in [0.1, 0.15) is 0 Å². The summed E-state index contributed by atoms with van der Waals surface area (Å²) >= 11 is 0. The number of halogens is 2. The number of nitrogens with zero attached hydrogens (tertiary/aromatic N) is 1.